The number of ether oxygens (including phenoxy) is 3. The molecule has 0 fully saturated rings. The van der Waals surface area contributed by atoms with E-state index in [1.165, 1.54) is 43.5 Å². The molecule has 0 aliphatic carbocycles. The van der Waals surface area contributed by atoms with Gasteiger partial charge < -0.3 is 24.4 Å². The maximum atomic E-state index is 12.3. The highest BCUT2D eigenvalue weighted by Crippen LogP contribution is 2.24. The van der Waals surface area contributed by atoms with Gasteiger partial charge in [0.2, 0.25) is 6.29 Å². The molecule has 184 valence electrons. The van der Waals surface area contributed by atoms with Crippen LogP contribution in [0.4, 0.5) is 5.69 Å². The summed E-state index contributed by atoms with van der Waals surface area (Å²) in [6.45, 7) is 0. The molecule has 9 nitrogen and oxygen atoms in total. The summed E-state index contributed by atoms with van der Waals surface area (Å²) in [5.41, 5.74) is 1.42. The second-order valence-corrected chi connectivity index (χ2v) is 7.88. The molecule has 36 heavy (non-hydrogen) atoms. The molecule has 2 atom stereocenters. The fourth-order valence-electron chi connectivity index (χ4n) is 3.48. The van der Waals surface area contributed by atoms with Crippen LogP contribution in [0.3, 0.4) is 0 Å². The Bertz CT molecular complexity index is 1250. The molecule has 1 aliphatic rings. The number of aliphatic hydroxyl groups excluding tert-OH is 2. The standard InChI is InChI=1S/C27H23NO8/c1-34-20-10-4-18(5-11-20)26(32)35-21-8-2-17(3-9-21)16-23(29)27(33)36-22-12-6-19(7-13-22)28-24(30)14-15-25(28)31/h2-15,23,27,29,33H,16H2,1H3. The molecule has 1 aliphatic heterocycles. The van der Waals surface area contributed by atoms with Crippen molar-refractivity contribution in [3.05, 3.63) is 96.1 Å². The number of carbonyl (C=O) groups is 3. The molecule has 0 radical (unpaired) electrons. The second-order valence-electron chi connectivity index (χ2n) is 7.88. The van der Waals surface area contributed by atoms with E-state index in [1.54, 1.807) is 48.5 Å². The fourth-order valence-corrected chi connectivity index (χ4v) is 3.48. The van der Waals surface area contributed by atoms with Crippen LogP contribution in [0.2, 0.25) is 0 Å². The third-order valence-electron chi connectivity index (χ3n) is 5.39. The smallest absolute Gasteiger partial charge is 0.343 e. The van der Waals surface area contributed by atoms with Crippen molar-refractivity contribution in [3.8, 4) is 17.2 Å². The SMILES string of the molecule is COc1ccc(C(=O)Oc2ccc(CC(O)C(O)Oc3ccc(N4C(=O)C=CC4=O)cc3)cc2)cc1. The topological polar surface area (TPSA) is 123 Å². The summed E-state index contributed by atoms with van der Waals surface area (Å²) in [6, 6.07) is 19.0. The number of imide groups is 1. The van der Waals surface area contributed by atoms with Gasteiger partial charge in [0.05, 0.1) is 18.4 Å². The first kappa shape index (κ1) is 24.6. The molecule has 0 spiro atoms. The quantitative estimate of drug-likeness (QED) is 0.204. The number of anilines is 1. The summed E-state index contributed by atoms with van der Waals surface area (Å²) in [5.74, 6) is -0.189. The van der Waals surface area contributed by atoms with Gasteiger partial charge in [0.15, 0.2) is 0 Å². The Morgan fingerprint density at radius 1 is 0.806 bits per heavy atom. The predicted molar refractivity (Wildman–Crippen MR) is 129 cm³/mol. The number of nitrogens with zero attached hydrogens (tertiary/aromatic N) is 1. The zero-order valence-electron chi connectivity index (χ0n) is 19.2. The van der Waals surface area contributed by atoms with E-state index in [1.807, 2.05) is 0 Å². The molecule has 2 amide bonds. The van der Waals surface area contributed by atoms with Crippen molar-refractivity contribution >= 4 is 23.5 Å². The van der Waals surface area contributed by atoms with Crippen molar-refractivity contribution < 1.29 is 38.8 Å². The number of methoxy groups -OCH3 is 1. The summed E-state index contributed by atoms with van der Waals surface area (Å²) < 4.78 is 15.8. The van der Waals surface area contributed by atoms with Crippen LogP contribution in [-0.4, -0.2) is 47.5 Å². The fraction of sp³-hybridized carbons (Fsp3) is 0.148. The number of hydrogen-bond acceptors (Lipinski definition) is 8. The average molecular weight is 489 g/mol. The van der Waals surface area contributed by atoms with Gasteiger partial charge in [-0.2, -0.15) is 0 Å². The molecule has 2 N–H and O–H groups in total. The highest BCUT2D eigenvalue weighted by molar-refractivity contribution is 6.28. The first-order valence-corrected chi connectivity index (χ1v) is 11.0. The van der Waals surface area contributed by atoms with Crippen molar-refractivity contribution in [3.63, 3.8) is 0 Å². The molecule has 0 aromatic heterocycles. The van der Waals surface area contributed by atoms with E-state index in [9.17, 15) is 24.6 Å². The number of rotatable bonds is 9. The highest BCUT2D eigenvalue weighted by Gasteiger charge is 2.25. The van der Waals surface area contributed by atoms with E-state index in [-0.39, 0.29) is 12.2 Å². The molecule has 9 heteroatoms. The Kier molecular flexibility index (Phi) is 7.43. The maximum absolute atomic E-state index is 12.3. The summed E-state index contributed by atoms with van der Waals surface area (Å²) in [5, 5.41) is 20.6. The second kappa shape index (κ2) is 10.9. The molecule has 0 bridgehead atoms. The van der Waals surface area contributed by atoms with Crippen molar-refractivity contribution in [1.82, 2.24) is 0 Å². The van der Waals surface area contributed by atoms with Crippen molar-refractivity contribution in [2.24, 2.45) is 0 Å². The lowest BCUT2D eigenvalue weighted by atomic mass is 10.1. The van der Waals surface area contributed by atoms with E-state index in [0.717, 1.165) is 4.90 Å². The number of esters is 1. The Hall–Kier alpha value is -4.47. The zero-order valence-corrected chi connectivity index (χ0v) is 19.2. The molecular weight excluding hydrogens is 466 g/mol. The number of amides is 2. The number of aliphatic hydroxyl groups is 2. The molecule has 3 aromatic carbocycles. The Morgan fingerprint density at radius 2 is 1.36 bits per heavy atom. The minimum atomic E-state index is -1.53. The predicted octanol–water partition coefficient (Wildman–Crippen LogP) is 2.64. The summed E-state index contributed by atoms with van der Waals surface area (Å²) in [7, 11) is 1.54. The van der Waals surface area contributed by atoms with Crippen LogP contribution < -0.4 is 19.1 Å². The number of hydrogen-bond donors (Lipinski definition) is 2. The van der Waals surface area contributed by atoms with E-state index < -0.39 is 30.2 Å². The number of benzene rings is 3. The van der Waals surface area contributed by atoms with Gasteiger partial charge in [0, 0.05) is 18.6 Å². The van der Waals surface area contributed by atoms with Crippen LogP contribution in [0.25, 0.3) is 0 Å². The van der Waals surface area contributed by atoms with Crippen LogP contribution in [0.15, 0.2) is 84.9 Å². The van der Waals surface area contributed by atoms with Crippen LogP contribution in [0.5, 0.6) is 17.2 Å². The lowest BCUT2D eigenvalue weighted by Gasteiger charge is -2.20. The number of carbonyl (C=O) groups excluding carboxylic acids is 3. The summed E-state index contributed by atoms with van der Waals surface area (Å²) in [4.78, 5) is 36.8. The van der Waals surface area contributed by atoms with Gasteiger partial charge in [-0.1, -0.05) is 12.1 Å². The lowest BCUT2D eigenvalue weighted by Crippen LogP contribution is -2.33. The Morgan fingerprint density at radius 3 is 1.94 bits per heavy atom. The van der Waals surface area contributed by atoms with E-state index in [4.69, 9.17) is 14.2 Å². The van der Waals surface area contributed by atoms with Gasteiger partial charge in [-0.25, -0.2) is 9.69 Å². The van der Waals surface area contributed by atoms with Gasteiger partial charge in [-0.05, 0) is 66.2 Å². The molecule has 3 aromatic rings. The van der Waals surface area contributed by atoms with Crippen LogP contribution in [-0.2, 0) is 16.0 Å². The van der Waals surface area contributed by atoms with E-state index in [2.05, 4.69) is 0 Å². The van der Waals surface area contributed by atoms with Crippen LogP contribution in [0.1, 0.15) is 15.9 Å². The Balaban J connectivity index is 1.29. The van der Waals surface area contributed by atoms with Crippen molar-refractivity contribution in [2.75, 3.05) is 12.0 Å². The minimum absolute atomic E-state index is 0.0778. The maximum Gasteiger partial charge on any atom is 0.343 e. The summed E-state index contributed by atoms with van der Waals surface area (Å²) in [6.07, 6.45) is -0.327. The molecule has 0 saturated heterocycles. The highest BCUT2D eigenvalue weighted by atomic mass is 16.6. The molecule has 0 saturated carbocycles. The molecular formula is C27H23NO8. The third-order valence-corrected chi connectivity index (χ3v) is 5.39. The third kappa shape index (κ3) is 5.77. The minimum Gasteiger partial charge on any atom is -0.497 e. The van der Waals surface area contributed by atoms with Gasteiger partial charge in [0.1, 0.15) is 23.4 Å². The first-order chi connectivity index (χ1) is 17.3. The van der Waals surface area contributed by atoms with E-state index in [0.29, 0.717) is 28.3 Å². The summed E-state index contributed by atoms with van der Waals surface area (Å²) >= 11 is 0. The van der Waals surface area contributed by atoms with Gasteiger partial charge in [-0.3, -0.25) is 9.59 Å². The normalized spacial score (nSPS) is 14.5. The average Bonchev–Trinajstić information content (AvgIpc) is 3.23. The van der Waals surface area contributed by atoms with Crippen LogP contribution in [0, 0.1) is 0 Å². The molecule has 4 rings (SSSR count). The lowest BCUT2D eigenvalue weighted by molar-refractivity contribution is -0.120. The first-order valence-electron chi connectivity index (χ1n) is 11.0. The van der Waals surface area contributed by atoms with Gasteiger partial charge >= 0.3 is 5.97 Å². The molecule has 1 heterocycles. The monoisotopic (exact) mass is 489 g/mol. The zero-order chi connectivity index (χ0) is 25.7. The van der Waals surface area contributed by atoms with Gasteiger partial charge in [0.25, 0.3) is 11.8 Å². The van der Waals surface area contributed by atoms with Crippen molar-refractivity contribution in [2.45, 2.75) is 18.8 Å². The van der Waals surface area contributed by atoms with E-state index >= 15 is 0 Å². The van der Waals surface area contributed by atoms with Crippen molar-refractivity contribution in [1.29, 1.82) is 0 Å². The van der Waals surface area contributed by atoms with Crippen LogP contribution >= 0.6 is 0 Å². The Labute approximate surface area is 206 Å². The van der Waals surface area contributed by atoms with Gasteiger partial charge in [-0.15, -0.1) is 0 Å². The largest absolute Gasteiger partial charge is 0.497 e. The molecule has 2 unspecified atom stereocenters.